The Labute approximate surface area is 154 Å². The third-order valence-corrected chi connectivity index (χ3v) is 3.57. The SMILES string of the molecule is CCCCOc1ccc(C=NNC(=S)Nc2ccc(OC)cc2)cc1. The molecule has 0 atom stereocenters. The number of anilines is 1. The van der Waals surface area contributed by atoms with Gasteiger partial charge in [0.1, 0.15) is 11.5 Å². The smallest absolute Gasteiger partial charge is 0.191 e. The molecule has 2 rings (SSSR count). The van der Waals surface area contributed by atoms with Crippen LogP contribution in [0.15, 0.2) is 53.6 Å². The van der Waals surface area contributed by atoms with Gasteiger partial charge in [0.25, 0.3) is 0 Å². The number of nitrogens with one attached hydrogen (secondary N) is 2. The molecule has 0 saturated carbocycles. The van der Waals surface area contributed by atoms with E-state index in [-0.39, 0.29) is 0 Å². The number of benzene rings is 2. The van der Waals surface area contributed by atoms with Crippen LogP contribution in [0.25, 0.3) is 0 Å². The summed E-state index contributed by atoms with van der Waals surface area (Å²) < 4.78 is 10.7. The van der Waals surface area contributed by atoms with E-state index in [2.05, 4.69) is 22.8 Å². The van der Waals surface area contributed by atoms with E-state index in [0.29, 0.717) is 5.11 Å². The first-order valence-corrected chi connectivity index (χ1v) is 8.59. The summed E-state index contributed by atoms with van der Waals surface area (Å²) >= 11 is 5.21. The van der Waals surface area contributed by atoms with Gasteiger partial charge < -0.3 is 14.8 Å². The van der Waals surface area contributed by atoms with Crippen LogP contribution in [0.3, 0.4) is 0 Å². The Bertz CT molecular complexity index is 685. The van der Waals surface area contributed by atoms with E-state index in [9.17, 15) is 0 Å². The lowest BCUT2D eigenvalue weighted by atomic mass is 10.2. The van der Waals surface area contributed by atoms with Gasteiger partial charge in [0, 0.05) is 5.69 Å². The second kappa shape index (κ2) is 10.3. The van der Waals surface area contributed by atoms with Crippen molar-refractivity contribution in [3.05, 3.63) is 54.1 Å². The van der Waals surface area contributed by atoms with Gasteiger partial charge in [0.05, 0.1) is 19.9 Å². The summed E-state index contributed by atoms with van der Waals surface area (Å²) in [6.07, 6.45) is 3.89. The molecule has 0 saturated heterocycles. The summed E-state index contributed by atoms with van der Waals surface area (Å²) in [5.74, 6) is 1.67. The molecule has 2 aromatic rings. The molecule has 0 aromatic heterocycles. The summed E-state index contributed by atoms with van der Waals surface area (Å²) in [6, 6.07) is 15.3. The maximum Gasteiger partial charge on any atom is 0.191 e. The molecule has 0 radical (unpaired) electrons. The minimum absolute atomic E-state index is 0.418. The molecule has 0 aliphatic carbocycles. The predicted molar refractivity (Wildman–Crippen MR) is 107 cm³/mol. The summed E-state index contributed by atoms with van der Waals surface area (Å²) in [6.45, 7) is 2.89. The summed E-state index contributed by atoms with van der Waals surface area (Å²) in [7, 11) is 1.63. The zero-order valence-corrected chi connectivity index (χ0v) is 15.3. The third-order valence-electron chi connectivity index (χ3n) is 3.37. The molecular formula is C19H23N3O2S. The molecule has 0 unspecified atom stereocenters. The Morgan fingerprint density at radius 1 is 1.08 bits per heavy atom. The highest BCUT2D eigenvalue weighted by Gasteiger charge is 1.97. The van der Waals surface area contributed by atoms with Crippen molar-refractivity contribution in [2.75, 3.05) is 19.0 Å². The van der Waals surface area contributed by atoms with Gasteiger partial charge in [-0.2, -0.15) is 5.10 Å². The van der Waals surface area contributed by atoms with Gasteiger partial charge >= 0.3 is 0 Å². The van der Waals surface area contributed by atoms with Gasteiger partial charge in [0.2, 0.25) is 0 Å². The Morgan fingerprint density at radius 3 is 2.40 bits per heavy atom. The lowest BCUT2D eigenvalue weighted by Crippen LogP contribution is -2.23. The average Bonchev–Trinajstić information content (AvgIpc) is 2.64. The van der Waals surface area contributed by atoms with E-state index in [1.807, 2.05) is 48.5 Å². The summed E-state index contributed by atoms with van der Waals surface area (Å²) in [4.78, 5) is 0. The van der Waals surface area contributed by atoms with Crippen LogP contribution in [0.1, 0.15) is 25.3 Å². The Kier molecular flexibility index (Phi) is 7.72. The number of hydrogen-bond acceptors (Lipinski definition) is 4. The number of unbranched alkanes of at least 4 members (excludes halogenated alkanes) is 1. The molecule has 2 aromatic carbocycles. The summed E-state index contributed by atoms with van der Waals surface area (Å²) in [5, 5.41) is 7.60. The van der Waals surface area contributed by atoms with Gasteiger partial charge in [-0.05, 0) is 72.7 Å². The summed E-state index contributed by atoms with van der Waals surface area (Å²) in [5.41, 5.74) is 4.62. The first-order valence-electron chi connectivity index (χ1n) is 8.18. The molecule has 25 heavy (non-hydrogen) atoms. The van der Waals surface area contributed by atoms with Crippen LogP contribution in [0.5, 0.6) is 11.5 Å². The molecule has 0 fully saturated rings. The highest BCUT2D eigenvalue weighted by Crippen LogP contribution is 2.15. The maximum atomic E-state index is 5.63. The minimum Gasteiger partial charge on any atom is -0.497 e. The molecule has 0 aliphatic rings. The van der Waals surface area contributed by atoms with Gasteiger partial charge in [-0.25, -0.2) is 0 Å². The van der Waals surface area contributed by atoms with E-state index in [4.69, 9.17) is 21.7 Å². The normalized spacial score (nSPS) is 10.5. The van der Waals surface area contributed by atoms with Crippen molar-refractivity contribution in [2.24, 2.45) is 5.10 Å². The van der Waals surface area contributed by atoms with Crippen LogP contribution in [0, 0.1) is 0 Å². The van der Waals surface area contributed by atoms with Crippen molar-refractivity contribution < 1.29 is 9.47 Å². The number of rotatable bonds is 8. The molecule has 132 valence electrons. The lowest BCUT2D eigenvalue weighted by Gasteiger charge is -2.07. The highest BCUT2D eigenvalue weighted by atomic mass is 32.1. The van der Waals surface area contributed by atoms with E-state index in [0.717, 1.165) is 42.2 Å². The number of nitrogens with zero attached hydrogens (tertiary/aromatic N) is 1. The fraction of sp³-hybridized carbons (Fsp3) is 0.263. The fourth-order valence-electron chi connectivity index (χ4n) is 1.98. The van der Waals surface area contributed by atoms with E-state index >= 15 is 0 Å². The van der Waals surface area contributed by atoms with Crippen molar-refractivity contribution >= 4 is 29.2 Å². The van der Waals surface area contributed by atoms with Crippen LogP contribution < -0.4 is 20.2 Å². The van der Waals surface area contributed by atoms with Gasteiger partial charge in [-0.3, -0.25) is 5.43 Å². The topological polar surface area (TPSA) is 54.9 Å². The number of ether oxygens (including phenoxy) is 2. The van der Waals surface area contributed by atoms with E-state index < -0.39 is 0 Å². The van der Waals surface area contributed by atoms with Gasteiger partial charge in [-0.1, -0.05) is 13.3 Å². The zero-order valence-electron chi connectivity index (χ0n) is 14.5. The van der Waals surface area contributed by atoms with Crippen molar-refractivity contribution in [2.45, 2.75) is 19.8 Å². The fourth-order valence-corrected chi connectivity index (χ4v) is 2.15. The van der Waals surface area contributed by atoms with Crippen LogP contribution in [0.4, 0.5) is 5.69 Å². The zero-order chi connectivity index (χ0) is 17.9. The number of methoxy groups -OCH3 is 1. The first kappa shape index (κ1) is 18.7. The molecule has 5 nitrogen and oxygen atoms in total. The van der Waals surface area contributed by atoms with Crippen LogP contribution in [0.2, 0.25) is 0 Å². The standard InChI is InChI=1S/C19H23N3O2S/c1-3-4-13-24-18-9-5-15(6-10-18)14-20-22-19(25)21-16-7-11-17(23-2)12-8-16/h5-12,14H,3-4,13H2,1-2H3,(H2,21,22,25). The molecule has 0 bridgehead atoms. The third kappa shape index (κ3) is 6.81. The van der Waals surface area contributed by atoms with Gasteiger partial charge in [0.15, 0.2) is 5.11 Å². The van der Waals surface area contributed by atoms with Crippen molar-refractivity contribution in [1.82, 2.24) is 5.43 Å². The van der Waals surface area contributed by atoms with Crippen LogP contribution >= 0.6 is 12.2 Å². The molecule has 0 heterocycles. The second-order valence-electron chi connectivity index (χ2n) is 5.32. The average molecular weight is 357 g/mol. The molecule has 2 N–H and O–H groups in total. The second-order valence-corrected chi connectivity index (χ2v) is 5.73. The number of hydrogen-bond donors (Lipinski definition) is 2. The number of thiocarbonyl (C=S) groups is 1. The molecule has 0 amide bonds. The van der Waals surface area contributed by atoms with E-state index in [1.165, 1.54) is 0 Å². The largest absolute Gasteiger partial charge is 0.497 e. The molecular weight excluding hydrogens is 334 g/mol. The predicted octanol–water partition coefficient (Wildman–Crippen LogP) is 4.19. The first-order chi connectivity index (χ1) is 12.2. The Balaban J connectivity index is 1.78. The van der Waals surface area contributed by atoms with E-state index in [1.54, 1.807) is 13.3 Å². The highest BCUT2D eigenvalue weighted by molar-refractivity contribution is 7.80. The molecule has 0 spiro atoms. The van der Waals surface area contributed by atoms with Crippen molar-refractivity contribution in [1.29, 1.82) is 0 Å². The Morgan fingerprint density at radius 2 is 1.76 bits per heavy atom. The van der Waals surface area contributed by atoms with Crippen molar-refractivity contribution in [3.8, 4) is 11.5 Å². The Hall–Kier alpha value is -2.60. The number of hydrazone groups is 1. The molecule has 6 heteroatoms. The van der Waals surface area contributed by atoms with Gasteiger partial charge in [-0.15, -0.1) is 0 Å². The monoisotopic (exact) mass is 357 g/mol. The minimum atomic E-state index is 0.418. The quantitative estimate of drug-likeness (QED) is 0.321. The van der Waals surface area contributed by atoms with Crippen LogP contribution in [-0.2, 0) is 0 Å². The van der Waals surface area contributed by atoms with Crippen molar-refractivity contribution in [3.63, 3.8) is 0 Å². The maximum absolute atomic E-state index is 5.63. The lowest BCUT2D eigenvalue weighted by molar-refractivity contribution is 0.309. The van der Waals surface area contributed by atoms with Crippen LogP contribution in [-0.4, -0.2) is 25.0 Å². The molecule has 0 aliphatic heterocycles.